The first-order valence-corrected chi connectivity index (χ1v) is 11.5. The van der Waals surface area contributed by atoms with E-state index in [4.69, 9.17) is 11.6 Å². The van der Waals surface area contributed by atoms with Crippen LogP contribution in [0, 0.1) is 13.8 Å². The zero-order valence-corrected chi connectivity index (χ0v) is 20.4. The number of carbonyl (C=O) groups is 2. The van der Waals surface area contributed by atoms with E-state index in [1.54, 1.807) is 72.8 Å². The molecule has 0 saturated carbocycles. The predicted molar refractivity (Wildman–Crippen MR) is 139 cm³/mol. The molecule has 1 aromatic heterocycles. The average Bonchev–Trinajstić information content (AvgIpc) is 3.17. The lowest BCUT2D eigenvalue weighted by Crippen LogP contribution is -2.43. The van der Waals surface area contributed by atoms with Gasteiger partial charge >= 0.3 is 5.97 Å². The number of aromatic nitrogens is 1. The van der Waals surface area contributed by atoms with Gasteiger partial charge < -0.3 is 14.8 Å². The standard InChI is InChI=1S/C28H24ClN3O4/c1-18-15-20(19(2)32(18)23-13-14-25(29)24(16-23)26(33)34)17-30-31-27(35)28(36,21-9-5-3-6-10-21)22-11-7-4-8-12-22/h3-17,36H,1-2H3,(H,31,35)(H,33,34)/b30-17+. The van der Waals surface area contributed by atoms with E-state index in [9.17, 15) is 19.8 Å². The lowest BCUT2D eigenvalue weighted by atomic mass is 9.85. The minimum Gasteiger partial charge on any atom is -0.478 e. The number of halogens is 1. The molecule has 0 fully saturated rings. The van der Waals surface area contributed by atoms with Gasteiger partial charge in [0.25, 0.3) is 5.91 Å². The van der Waals surface area contributed by atoms with Crippen molar-refractivity contribution in [2.24, 2.45) is 5.10 Å². The van der Waals surface area contributed by atoms with E-state index < -0.39 is 17.5 Å². The molecule has 0 spiro atoms. The molecule has 0 aliphatic rings. The molecule has 7 nitrogen and oxygen atoms in total. The first-order chi connectivity index (χ1) is 17.2. The van der Waals surface area contributed by atoms with Crippen LogP contribution >= 0.6 is 11.6 Å². The Morgan fingerprint density at radius 3 is 2.08 bits per heavy atom. The van der Waals surface area contributed by atoms with Gasteiger partial charge in [0.15, 0.2) is 5.60 Å². The summed E-state index contributed by atoms with van der Waals surface area (Å²) in [6.07, 6.45) is 1.49. The quantitative estimate of drug-likeness (QED) is 0.249. The molecule has 4 aromatic rings. The van der Waals surface area contributed by atoms with E-state index in [1.165, 1.54) is 12.3 Å². The number of hydrogen-bond donors (Lipinski definition) is 3. The maximum atomic E-state index is 13.2. The molecule has 1 amide bonds. The van der Waals surface area contributed by atoms with Gasteiger partial charge in [-0.05, 0) is 49.2 Å². The second kappa shape index (κ2) is 10.2. The molecule has 0 aliphatic heterocycles. The number of amides is 1. The summed E-state index contributed by atoms with van der Waals surface area (Å²) >= 11 is 6.02. The Balaban J connectivity index is 1.62. The zero-order valence-electron chi connectivity index (χ0n) is 19.6. The maximum absolute atomic E-state index is 13.2. The van der Waals surface area contributed by atoms with E-state index in [2.05, 4.69) is 10.5 Å². The van der Waals surface area contributed by atoms with Crippen LogP contribution in [0.25, 0.3) is 5.69 Å². The minimum absolute atomic E-state index is 0.00487. The van der Waals surface area contributed by atoms with Crippen LogP contribution in [0.5, 0.6) is 0 Å². The average molecular weight is 502 g/mol. The molecule has 0 atom stereocenters. The van der Waals surface area contributed by atoms with Crippen molar-refractivity contribution in [1.29, 1.82) is 0 Å². The number of rotatable bonds is 7. The van der Waals surface area contributed by atoms with Crippen LogP contribution in [0.1, 0.15) is 38.4 Å². The molecule has 36 heavy (non-hydrogen) atoms. The van der Waals surface area contributed by atoms with Gasteiger partial charge in [0.1, 0.15) is 0 Å². The summed E-state index contributed by atoms with van der Waals surface area (Å²) in [5, 5.41) is 25.2. The maximum Gasteiger partial charge on any atom is 0.337 e. The van der Waals surface area contributed by atoms with Crippen LogP contribution in [-0.4, -0.2) is 32.9 Å². The normalized spacial score (nSPS) is 11.6. The van der Waals surface area contributed by atoms with Gasteiger partial charge in [-0.1, -0.05) is 72.3 Å². The summed E-state index contributed by atoms with van der Waals surface area (Å²) in [4.78, 5) is 24.7. The fourth-order valence-corrected chi connectivity index (χ4v) is 4.36. The van der Waals surface area contributed by atoms with Crippen molar-refractivity contribution < 1.29 is 19.8 Å². The Kier molecular flexibility index (Phi) is 7.05. The van der Waals surface area contributed by atoms with Crippen LogP contribution in [0.4, 0.5) is 0 Å². The van der Waals surface area contributed by atoms with E-state index in [1.807, 2.05) is 24.5 Å². The molecule has 0 unspecified atom stereocenters. The van der Waals surface area contributed by atoms with Crippen molar-refractivity contribution in [3.8, 4) is 5.69 Å². The molecule has 4 rings (SSSR count). The summed E-state index contributed by atoms with van der Waals surface area (Å²) in [7, 11) is 0. The molecule has 3 N–H and O–H groups in total. The number of nitrogens with zero attached hydrogens (tertiary/aromatic N) is 2. The molecular formula is C28H24ClN3O4. The highest BCUT2D eigenvalue weighted by atomic mass is 35.5. The molecule has 8 heteroatoms. The second-order valence-electron chi connectivity index (χ2n) is 8.27. The number of hydrazone groups is 1. The van der Waals surface area contributed by atoms with Crippen LogP contribution in [0.3, 0.4) is 0 Å². The highest BCUT2D eigenvalue weighted by Crippen LogP contribution is 2.30. The van der Waals surface area contributed by atoms with Gasteiger partial charge in [0.05, 0.1) is 16.8 Å². The third-order valence-electron chi connectivity index (χ3n) is 5.99. The van der Waals surface area contributed by atoms with Gasteiger partial charge in [-0.3, -0.25) is 4.79 Å². The number of aliphatic hydroxyl groups is 1. The number of benzene rings is 3. The molecule has 0 aliphatic carbocycles. The van der Waals surface area contributed by atoms with Gasteiger partial charge in [-0.2, -0.15) is 5.10 Å². The van der Waals surface area contributed by atoms with Crippen molar-refractivity contribution in [2.45, 2.75) is 19.4 Å². The van der Waals surface area contributed by atoms with E-state index in [0.29, 0.717) is 22.4 Å². The Hall–Kier alpha value is -4.20. The van der Waals surface area contributed by atoms with Crippen LogP contribution in [0.2, 0.25) is 5.02 Å². The lowest BCUT2D eigenvalue weighted by molar-refractivity contribution is -0.136. The van der Waals surface area contributed by atoms with E-state index in [0.717, 1.165) is 11.4 Å². The Bertz CT molecular complexity index is 1410. The first-order valence-electron chi connectivity index (χ1n) is 11.1. The number of carbonyl (C=O) groups excluding carboxylic acids is 1. The van der Waals surface area contributed by atoms with Crippen molar-refractivity contribution in [3.05, 3.63) is 124 Å². The topological polar surface area (TPSA) is 104 Å². The van der Waals surface area contributed by atoms with Crippen LogP contribution in [0.15, 0.2) is 90.0 Å². The van der Waals surface area contributed by atoms with Gasteiger partial charge in [0.2, 0.25) is 0 Å². The summed E-state index contributed by atoms with van der Waals surface area (Å²) in [5.41, 5.74) is 4.34. The monoisotopic (exact) mass is 501 g/mol. The van der Waals surface area contributed by atoms with E-state index in [-0.39, 0.29) is 10.6 Å². The number of nitrogens with one attached hydrogen (secondary N) is 1. The van der Waals surface area contributed by atoms with Crippen molar-refractivity contribution in [2.75, 3.05) is 0 Å². The summed E-state index contributed by atoms with van der Waals surface area (Å²) in [6.45, 7) is 3.73. The fraction of sp³-hybridized carbons (Fsp3) is 0.107. The second-order valence-corrected chi connectivity index (χ2v) is 8.68. The summed E-state index contributed by atoms with van der Waals surface area (Å²) in [5.74, 6) is -1.81. The smallest absolute Gasteiger partial charge is 0.337 e. The van der Waals surface area contributed by atoms with E-state index >= 15 is 0 Å². The van der Waals surface area contributed by atoms with Gasteiger partial charge in [0, 0.05) is 22.6 Å². The molecular weight excluding hydrogens is 478 g/mol. The molecule has 0 radical (unpaired) electrons. The molecule has 182 valence electrons. The highest BCUT2D eigenvalue weighted by Gasteiger charge is 2.39. The number of hydrogen-bond acceptors (Lipinski definition) is 4. The summed E-state index contributed by atoms with van der Waals surface area (Å²) < 4.78 is 1.87. The molecule has 1 heterocycles. The van der Waals surface area contributed by atoms with Crippen LogP contribution in [-0.2, 0) is 10.4 Å². The Morgan fingerprint density at radius 1 is 0.944 bits per heavy atom. The summed E-state index contributed by atoms with van der Waals surface area (Å²) in [6, 6.07) is 24.0. The van der Waals surface area contributed by atoms with Crippen molar-refractivity contribution in [3.63, 3.8) is 0 Å². The highest BCUT2D eigenvalue weighted by molar-refractivity contribution is 6.33. The fourth-order valence-electron chi connectivity index (χ4n) is 4.16. The number of carboxylic acid groups (broad SMARTS) is 1. The SMILES string of the molecule is Cc1cc(/C=N/NC(=O)C(O)(c2ccccc2)c2ccccc2)c(C)n1-c1ccc(Cl)c(C(=O)O)c1. The Labute approximate surface area is 213 Å². The predicted octanol–water partition coefficient (Wildman–Crippen LogP) is 4.83. The minimum atomic E-state index is -1.94. The van der Waals surface area contributed by atoms with Gasteiger partial charge in [-0.25, -0.2) is 10.2 Å². The Morgan fingerprint density at radius 2 is 1.53 bits per heavy atom. The largest absolute Gasteiger partial charge is 0.478 e. The van der Waals surface area contributed by atoms with Crippen molar-refractivity contribution >= 4 is 29.7 Å². The van der Waals surface area contributed by atoms with Crippen molar-refractivity contribution in [1.82, 2.24) is 9.99 Å². The lowest BCUT2D eigenvalue weighted by Gasteiger charge is -2.27. The third kappa shape index (κ3) is 4.66. The number of carboxylic acids is 1. The number of aromatic carboxylic acids is 1. The zero-order chi connectivity index (χ0) is 25.9. The van der Waals surface area contributed by atoms with Gasteiger partial charge in [-0.15, -0.1) is 0 Å². The number of aryl methyl sites for hydroxylation is 1. The molecule has 0 saturated heterocycles. The molecule has 3 aromatic carbocycles. The van der Waals surface area contributed by atoms with Crippen LogP contribution < -0.4 is 5.43 Å². The molecule has 0 bridgehead atoms. The first kappa shape index (κ1) is 24.9. The third-order valence-corrected chi connectivity index (χ3v) is 6.32.